The quantitative estimate of drug-likeness (QED) is 0.515. The second-order valence-corrected chi connectivity index (χ2v) is 3.94. The number of rotatable bonds is 0. The van der Waals surface area contributed by atoms with E-state index in [4.69, 9.17) is 4.74 Å². The van der Waals surface area contributed by atoms with Gasteiger partial charge < -0.3 is 4.74 Å². The molecule has 3 atom stereocenters. The molecule has 12 heavy (non-hydrogen) atoms. The lowest BCUT2D eigenvalue weighted by molar-refractivity contribution is -0.138. The van der Waals surface area contributed by atoms with Gasteiger partial charge in [-0.3, -0.25) is 4.79 Å². The summed E-state index contributed by atoms with van der Waals surface area (Å²) in [5.74, 6) is 1.94. The molecule has 0 aromatic carbocycles. The topological polar surface area (TPSA) is 26.3 Å². The van der Waals surface area contributed by atoms with Crippen LogP contribution in [-0.4, -0.2) is 5.97 Å². The van der Waals surface area contributed by atoms with Crippen molar-refractivity contribution in [2.45, 2.75) is 26.7 Å². The molecule has 0 spiro atoms. The van der Waals surface area contributed by atoms with Crippen LogP contribution < -0.4 is 0 Å². The van der Waals surface area contributed by atoms with Gasteiger partial charge in [0.25, 0.3) is 0 Å². The van der Waals surface area contributed by atoms with Crippen LogP contribution in [0.15, 0.2) is 11.8 Å². The van der Waals surface area contributed by atoms with E-state index in [0.717, 1.165) is 12.2 Å². The van der Waals surface area contributed by atoms with Gasteiger partial charge in [-0.1, -0.05) is 13.8 Å². The molecule has 1 aliphatic heterocycles. The Morgan fingerprint density at radius 2 is 2.17 bits per heavy atom. The number of hydrogen-bond acceptors (Lipinski definition) is 2. The molecule has 2 nitrogen and oxygen atoms in total. The molecule has 0 aromatic rings. The molecule has 1 saturated heterocycles. The third kappa shape index (κ3) is 1.06. The SMILES string of the molecule is CC1C=C2OC(=O)C(C)C2CC1. The molecule has 3 unspecified atom stereocenters. The smallest absolute Gasteiger partial charge is 0.314 e. The number of hydrogen-bond donors (Lipinski definition) is 0. The zero-order valence-electron chi connectivity index (χ0n) is 7.54. The monoisotopic (exact) mass is 166 g/mol. The van der Waals surface area contributed by atoms with Crippen LogP contribution in [0.1, 0.15) is 26.7 Å². The second-order valence-electron chi connectivity index (χ2n) is 3.94. The first-order chi connectivity index (χ1) is 5.68. The maximum absolute atomic E-state index is 11.2. The van der Waals surface area contributed by atoms with Crippen molar-refractivity contribution in [1.82, 2.24) is 0 Å². The van der Waals surface area contributed by atoms with Crippen molar-refractivity contribution in [1.29, 1.82) is 0 Å². The molecular formula is C10H14O2. The summed E-state index contributed by atoms with van der Waals surface area (Å²) in [6.45, 7) is 4.13. The van der Waals surface area contributed by atoms with Gasteiger partial charge in [-0.15, -0.1) is 0 Å². The summed E-state index contributed by atoms with van der Waals surface area (Å²) >= 11 is 0. The highest BCUT2D eigenvalue weighted by molar-refractivity contribution is 5.77. The van der Waals surface area contributed by atoms with Gasteiger partial charge in [0.1, 0.15) is 5.76 Å². The normalized spacial score (nSPS) is 40.3. The minimum atomic E-state index is -0.0413. The van der Waals surface area contributed by atoms with E-state index >= 15 is 0 Å². The number of carbonyl (C=O) groups is 1. The minimum absolute atomic E-state index is 0.0413. The molecule has 0 radical (unpaired) electrons. The average molecular weight is 166 g/mol. The average Bonchev–Trinajstić information content (AvgIpc) is 2.28. The highest BCUT2D eigenvalue weighted by Gasteiger charge is 2.39. The maximum atomic E-state index is 11.2. The number of carbonyl (C=O) groups excluding carboxylic acids is 1. The first kappa shape index (κ1) is 7.84. The maximum Gasteiger partial charge on any atom is 0.314 e. The fourth-order valence-electron chi connectivity index (χ4n) is 2.05. The van der Waals surface area contributed by atoms with Gasteiger partial charge in [0.2, 0.25) is 0 Å². The fraction of sp³-hybridized carbons (Fsp3) is 0.700. The van der Waals surface area contributed by atoms with Gasteiger partial charge >= 0.3 is 5.97 Å². The minimum Gasteiger partial charge on any atom is -0.431 e. The van der Waals surface area contributed by atoms with Crippen LogP contribution in [0.3, 0.4) is 0 Å². The van der Waals surface area contributed by atoms with Crippen molar-refractivity contribution < 1.29 is 9.53 Å². The Morgan fingerprint density at radius 3 is 2.92 bits per heavy atom. The Bertz CT molecular complexity index is 242. The van der Waals surface area contributed by atoms with Gasteiger partial charge in [0.05, 0.1) is 5.92 Å². The summed E-state index contributed by atoms with van der Waals surface area (Å²) in [4.78, 5) is 11.2. The van der Waals surface area contributed by atoms with Crippen molar-refractivity contribution >= 4 is 5.97 Å². The predicted octanol–water partition coefficient (Wildman–Crippen LogP) is 2.11. The zero-order valence-corrected chi connectivity index (χ0v) is 7.54. The largest absolute Gasteiger partial charge is 0.431 e. The molecule has 0 bridgehead atoms. The van der Waals surface area contributed by atoms with E-state index in [1.165, 1.54) is 6.42 Å². The molecule has 1 aliphatic carbocycles. The number of esters is 1. The molecule has 2 rings (SSSR count). The predicted molar refractivity (Wildman–Crippen MR) is 45.2 cm³/mol. The van der Waals surface area contributed by atoms with E-state index < -0.39 is 0 Å². The Kier molecular flexibility index (Phi) is 1.71. The number of ether oxygens (including phenoxy) is 1. The summed E-state index contributed by atoms with van der Waals surface area (Å²) in [6, 6.07) is 0. The molecule has 2 aliphatic rings. The van der Waals surface area contributed by atoms with Gasteiger partial charge in [0.15, 0.2) is 0 Å². The molecule has 0 amide bonds. The summed E-state index contributed by atoms with van der Waals surface area (Å²) in [5, 5.41) is 0. The van der Waals surface area contributed by atoms with Crippen LogP contribution in [0.25, 0.3) is 0 Å². The Hall–Kier alpha value is -0.790. The van der Waals surface area contributed by atoms with Crippen LogP contribution >= 0.6 is 0 Å². The lowest BCUT2D eigenvalue weighted by Gasteiger charge is -2.20. The van der Waals surface area contributed by atoms with E-state index in [-0.39, 0.29) is 11.9 Å². The van der Waals surface area contributed by atoms with E-state index in [1.54, 1.807) is 0 Å². The Balaban J connectivity index is 2.25. The van der Waals surface area contributed by atoms with Crippen LogP contribution in [0, 0.1) is 17.8 Å². The highest BCUT2D eigenvalue weighted by atomic mass is 16.5. The summed E-state index contributed by atoms with van der Waals surface area (Å²) in [7, 11) is 0. The van der Waals surface area contributed by atoms with Crippen molar-refractivity contribution in [3.8, 4) is 0 Å². The standard InChI is InChI=1S/C10H14O2/c1-6-3-4-8-7(2)10(11)12-9(8)5-6/h5-8H,3-4H2,1-2H3. The van der Waals surface area contributed by atoms with Gasteiger partial charge in [-0.05, 0) is 24.8 Å². The third-order valence-electron chi connectivity index (χ3n) is 2.94. The van der Waals surface area contributed by atoms with Gasteiger partial charge in [-0.2, -0.15) is 0 Å². The van der Waals surface area contributed by atoms with Crippen LogP contribution in [0.4, 0.5) is 0 Å². The lowest BCUT2D eigenvalue weighted by atomic mass is 9.83. The van der Waals surface area contributed by atoms with Crippen molar-refractivity contribution in [3.05, 3.63) is 11.8 Å². The molecule has 1 fully saturated rings. The zero-order chi connectivity index (χ0) is 8.72. The Morgan fingerprint density at radius 1 is 1.42 bits per heavy atom. The highest BCUT2D eigenvalue weighted by Crippen LogP contribution is 2.39. The Labute approximate surface area is 72.6 Å². The summed E-state index contributed by atoms with van der Waals surface area (Å²) in [6.07, 6.45) is 4.41. The van der Waals surface area contributed by atoms with Crippen molar-refractivity contribution in [2.24, 2.45) is 17.8 Å². The van der Waals surface area contributed by atoms with Crippen LogP contribution in [0.5, 0.6) is 0 Å². The van der Waals surface area contributed by atoms with Gasteiger partial charge in [-0.25, -0.2) is 0 Å². The molecule has 66 valence electrons. The number of fused-ring (bicyclic) bond motifs is 1. The van der Waals surface area contributed by atoms with Crippen molar-refractivity contribution in [2.75, 3.05) is 0 Å². The van der Waals surface area contributed by atoms with E-state index in [1.807, 2.05) is 6.92 Å². The molecular weight excluding hydrogens is 152 g/mol. The first-order valence-corrected chi connectivity index (χ1v) is 4.62. The van der Waals surface area contributed by atoms with Crippen LogP contribution in [-0.2, 0) is 9.53 Å². The molecule has 2 heteroatoms. The molecule has 0 saturated carbocycles. The second kappa shape index (κ2) is 2.61. The van der Waals surface area contributed by atoms with E-state index in [0.29, 0.717) is 11.8 Å². The van der Waals surface area contributed by atoms with Gasteiger partial charge in [0, 0.05) is 5.92 Å². The van der Waals surface area contributed by atoms with E-state index in [2.05, 4.69) is 13.0 Å². The molecule has 1 heterocycles. The lowest BCUT2D eigenvalue weighted by Crippen LogP contribution is -2.15. The third-order valence-corrected chi connectivity index (χ3v) is 2.94. The fourth-order valence-corrected chi connectivity index (χ4v) is 2.05. The van der Waals surface area contributed by atoms with Crippen molar-refractivity contribution in [3.63, 3.8) is 0 Å². The van der Waals surface area contributed by atoms with E-state index in [9.17, 15) is 4.79 Å². The summed E-state index contributed by atoms with van der Waals surface area (Å²) in [5.41, 5.74) is 0. The first-order valence-electron chi connectivity index (χ1n) is 4.62. The number of allylic oxidation sites excluding steroid dienone is 2. The molecule has 0 N–H and O–H groups in total. The van der Waals surface area contributed by atoms with Crippen LogP contribution in [0.2, 0.25) is 0 Å². The summed E-state index contributed by atoms with van der Waals surface area (Å²) < 4.78 is 5.17. The molecule has 0 aromatic heterocycles.